The average molecular weight is 972 g/mol. The number of allylic oxidation sites excluding steroid dienone is 1. The Morgan fingerprint density at radius 2 is 1.39 bits per heavy atom. The van der Waals surface area contributed by atoms with Crippen molar-refractivity contribution in [1.82, 2.24) is 5.32 Å². The van der Waals surface area contributed by atoms with Crippen LogP contribution in [0.4, 0.5) is 0 Å². The lowest BCUT2D eigenvalue weighted by molar-refractivity contribution is -0.386. The smallest absolute Gasteiger partial charge is 0.251 e. The first-order valence-corrected chi connectivity index (χ1v) is 25.9. The van der Waals surface area contributed by atoms with Crippen molar-refractivity contribution in [2.45, 2.75) is 209 Å². The SMILES string of the molecule is C[C@H]1CC[C@@]2(OC1)O[C@H]1CC3[C@@H]4CC=C5C[C@@H](O[C@@H]6O[C@H](CNC(=O)c7ccccc7)[C@@H](O[C@H]7O[C@H](C)[C@@H](O)[C@H](O)[C@@H]7O)[C@H](O)[C@H]6O[C@H]6O[C@H](C)[C@@H](O)[C@H](O)[C@@H]6O)CC[C@]5(C)[C@H]4CC[C@]3(C)[C@H]1[C@@H]2C. The van der Waals surface area contributed by atoms with Crippen LogP contribution >= 0.6 is 0 Å². The predicted octanol–water partition coefficient (Wildman–Crippen LogP) is 2.68. The summed E-state index contributed by atoms with van der Waals surface area (Å²) < 4.78 is 51.4. The molecule has 0 radical (unpaired) electrons. The van der Waals surface area contributed by atoms with Crippen molar-refractivity contribution < 1.29 is 78.4 Å². The van der Waals surface area contributed by atoms with E-state index in [2.05, 4.69) is 39.1 Å². The Morgan fingerprint density at radius 3 is 2.04 bits per heavy atom. The molecule has 69 heavy (non-hydrogen) atoms. The molecule has 10 rings (SSSR count). The van der Waals surface area contributed by atoms with Crippen molar-refractivity contribution >= 4 is 5.91 Å². The van der Waals surface area contributed by atoms with Gasteiger partial charge in [0.1, 0.15) is 61.0 Å². The number of hydrogen-bond acceptors (Lipinski definition) is 16. The van der Waals surface area contributed by atoms with Crippen LogP contribution in [0.3, 0.4) is 0 Å². The molecule has 5 heterocycles. The van der Waals surface area contributed by atoms with Gasteiger partial charge >= 0.3 is 0 Å². The number of amides is 1. The summed E-state index contributed by atoms with van der Waals surface area (Å²) >= 11 is 0. The lowest BCUT2D eigenvalue weighted by Gasteiger charge is -2.59. The predicted molar refractivity (Wildman–Crippen MR) is 244 cm³/mol. The van der Waals surface area contributed by atoms with Crippen LogP contribution in [0.1, 0.15) is 110 Å². The fourth-order valence-electron chi connectivity index (χ4n) is 14.9. The van der Waals surface area contributed by atoms with Crippen LogP contribution in [0, 0.1) is 46.3 Å². The number of nitrogens with one attached hydrogen (secondary N) is 1. The van der Waals surface area contributed by atoms with Gasteiger partial charge < -0.3 is 79.0 Å². The van der Waals surface area contributed by atoms with Gasteiger partial charge in [0.05, 0.1) is 31.0 Å². The number of benzene rings is 1. The molecule has 5 aliphatic heterocycles. The highest BCUT2D eigenvalue weighted by Gasteiger charge is 2.69. The number of aliphatic hydroxyl groups excluding tert-OH is 7. The van der Waals surface area contributed by atoms with Gasteiger partial charge in [0.25, 0.3) is 5.91 Å². The van der Waals surface area contributed by atoms with Gasteiger partial charge in [-0.15, -0.1) is 0 Å². The molecule has 26 atom stereocenters. The summed E-state index contributed by atoms with van der Waals surface area (Å²) in [7, 11) is 0. The Kier molecular flexibility index (Phi) is 14.1. The summed E-state index contributed by atoms with van der Waals surface area (Å²) in [6.45, 7) is 13.2. The van der Waals surface area contributed by atoms with Crippen molar-refractivity contribution in [3.8, 4) is 0 Å². The summed E-state index contributed by atoms with van der Waals surface area (Å²) in [6, 6.07) is 8.55. The van der Waals surface area contributed by atoms with E-state index in [0.29, 0.717) is 53.9 Å². The molecule has 17 nitrogen and oxygen atoms in total. The zero-order chi connectivity index (χ0) is 48.9. The monoisotopic (exact) mass is 972 g/mol. The summed E-state index contributed by atoms with van der Waals surface area (Å²) in [4.78, 5) is 13.4. The van der Waals surface area contributed by atoms with Crippen molar-refractivity contribution in [3.63, 3.8) is 0 Å². The van der Waals surface area contributed by atoms with Crippen LogP contribution in [0.5, 0.6) is 0 Å². The fourth-order valence-corrected chi connectivity index (χ4v) is 14.9. The van der Waals surface area contributed by atoms with E-state index in [9.17, 15) is 40.5 Å². The third-order valence-electron chi connectivity index (χ3n) is 19.0. The lowest BCUT2D eigenvalue weighted by Crippen LogP contribution is -2.67. The second kappa shape index (κ2) is 19.3. The van der Waals surface area contributed by atoms with Crippen molar-refractivity contribution in [2.24, 2.45) is 46.3 Å². The van der Waals surface area contributed by atoms with E-state index in [-0.39, 0.29) is 23.5 Å². The average Bonchev–Trinajstić information content (AvgIpc) is 3.79. The first-order valence-electron chi connectivity index (χ1n) is 25.9. The normalized spacial score (nSPS) is 52.8. The summed E-state index contributed by atoms with van der Waals surface area (Å²) in [5.74, 6) is 2.09. The first-order chi connectivity index (χ1) is 32.8. The van der Waals surface area contributed by atoms with Gasteiger partial charge in [0.15, 0.2) is 24.7 Å². The van der Waals surface area contributed by atoms with E-state index in [0.717, 1.165) is 51.6 Å². The highest BCUT2D eigenvalue weighted by Crippen LogP contribution is 2.70. The molecule has 9 aliphatic rings. The van der Waals surface area contributed by atoms with Gasteiger partial charge in [-0.3, -0.25) is 4.79 Å². The lowest BCUT2D eigenvalue weighted by atomic mass is 9.47. The molecule has 1 aromatic carbocycles. The number of ether oxygens (including phenoxy) is 8. The van der Waals surface area contributed by atoms with Gasteiger partial charge in [-0.25, -0.2) is 0 Å². The summed E-state index contributed by atoms with van der Waals surface area (Å²) in [6.07, 6.45) is -10.9. The topological polar surface area (TPSA) is 245 Å². The van der Waals surface area contributed by atoms with Gasteiger partial charge in [0, 0.05) is 24.4 Å². The largest absolute Gasteiger partial charge is 0.388 e. The fraction of sp³-hybridized carbons (Fsp3) is 0.827. The molecule has 1 aromatic rings. The van der Waals surface area contributed by atoms with Crippen molar-refractivity contribution in [2.75, 3.05) is 13.2 Å². The molecule has 1 amide bonds. The standard InChI is InChI=1S/C52H77NO16/c1-24-14-19-52(62-23-24)25(2)36-34(69-52)21-33-31-13-12-29-20-30(15-17-50(29,5)32(31)16-18-51(33,36)6)65-49-45(68-48-42(59)40(57)38(55)27(4)64-48)43(60)44(67-47-41(58)39(56)37(54)26(3)63-47)35(66-49)22-53-46(61)28-10-8-7-9-11-28/h7-12,24-27,30-45,47-49,54-60H,13-23H2,1-6H3,(H,53,61)/t24-,25-,26+,27+,30-,31+,32-,33?,34-,35+,36-,37+,38+,39-,40-,41-,42-,43-,44+,45+,47+,48+,49+,50-,51-,52+/m0/s1. The Bertz CT molecular complexity index is 2000. The number of rotatable bonds is 9. The quantitative estimate of drug-likeness (QED) is 0.166. The van der Waals surface area contributed by atoms with Crippen LogP contribution in [0.15, 0.2) is 42.0 Å². The van der Waals surface area contributed by atoms with Crippen LogP contribution < -0.4 is 5.32 Å². The van der Waals surface area contributed by atoms with Gasteiger partial charge in [-0.2, -0.15) is 0 Å². The first kappa shape index (κ1) is 50.4. The molecule has 0 bridgehead atoms. The number of hydrogen-bond donors (Lipinski definition) is 8. The molecule has 17 heteroatoms. The Labute approximate surface area is 405 Å². The van der Waals surface area contributed by atoms with Gasteiger partial charge in [-0.05, 0) is 118 Å². The van der Waals surface area contributed by atoms with Crippen LogP contribution in [0.25, 0.3) is 0 Å². The van der Waals surface area contributed by atoms with Gasteiger partial charge in [0.2, 0.25) is 0 Å². The molecule has 3 saturated carbocycles. The molecule has 386 valence electrons. The highest BCUT2D eigenvalue weighted by molar-refractivity contribution is 5.94. The third-order valence-corrected chi connectivity index (χ3v) is 19.0. The zero-order valence-corrected chi connectivity index (χ0v) is 40.8. The second-order valence-electron chi connectivity index (χ2n) is 23.0. The Hall–Kier alpha value is -2.17. The maximum absolute atomic E-state index is 13.4. The van der Waals surface area contributed by atoms with E-state index >= 15 is 0 Å². The maximum atomic E-state index is 13.4. The number of carbonyl (C=O) groups excluding carboxylic acids is 1. The molecule has 8 fully saturated rings. The van der Waals surface area contributed by atoms with Crippen molar-refractivity contribution in [1.29, 1.82) is 0 Å². The molecule has 1 spiro atoms. The Balaban J connectivity index is 0.894. The minimum Gasteiger partial charge on any atom is -0.388 e. The second-order valence-corrected chi connectivity index (χ2v) is 23.0. The summed E-state index contributed by atoms with van der Waals surface area (Å²) in [5, 5.41) is 79.9. The van der Waals surface area contributed by atoms with E-state index in [4.69, 9.17) is 37.9 Å². The van der Waals surface area contributed by atoms with E-state index in [1.807, 2.05) is 0 Å². The number of aliphatic hydroxyl groups is 7. The van der Waals surface area contributed by atoms with Gasteiger partial charge in [-0.1, -0.05) is 57.5 Å². The molecule has 4 aliphatic carbocycles. The van der Waals surface area contributed by atoms with E-state index in [1.165, 1.54) is 19.4 Å². The molecule has 0 aromatic heterocycles. The number of fused-ring (bicyclic) bond motifs is 7. The van der Waals surface area contributed by atoms with Crippen LogP contribution in [0.2, 0.25) is 0 Å². The van der Waals surface area contributed by atoms with Crippen molar-refractivity contribution in [3.05, 3.63) is 47.5 Å². The van der Waals surface area contributed by atoms with Crippen LogP contribution in [-0.4, -0.2) is 165 Å². The van der Waals surface area contributed by atoms with E-state index in [1.54, 1.807) is 30.3 Å². The molecule has 8 N–H and O–H groups in total. The minimum absolute atomic E-state index is 0.0482. The molecule has 1 unspecified atom stereocenters. The third kappa shape index (κ3) is 8.77. The number of carbonyl (C=O) groups is 1. The zero-order valence-electron chi connectivity index (χ0n) is 40.8. The minimum atomic E-state index is -1.74. The Morgan fingerprint density at radius 1 is 0.725 bits per heavy atom. The van der Waals surface area contributed by atoms with E-state index < -0.39 is 110 Å². The summed E-state index contributed by atoms with van der Waals surface area (Å²) in [5.41, 5.74) is 1.85. The molecular weight excluding hydrogens is 895 g/mol. The molecule has 5 saturated heterocycles. The molecular formula is C52H77NO16. The highest BCUT2D eigenvalue weighted by atomic mass is 16.8. The van der Waals surface area contributed by atoms with Crippen LogP contribution in [-0.2, 0) is 37.9 Å². The maximum Gasteiger partial charge on any atom is 0.251 e.